The van der Waals surface area contributed by atoms with Gasteiger partial charge in [-0.05, 0) is 37.5 Å². The molecule has 1 aliphatic heterocycles. The highest BCUT2D eigenvalue weighted by Crippen LogP contribution is 2.29. The van der Waals surface area contributed by atoms with Crippen LogP contribution in [0.25, 0.3) is 0 Å². The van der Waals surface area contributed by atoms with E-state index in [2.05, 4.69) is 51.6 Å². The van der Waals surface area contributed by atoms with Crippen LogP contribution in [0.2, 0.25) is 0 Å². The average molecular weight is 284 g/mol. The van der Waals surface area contributed by atoms with Crippen molar-refractivity contribution in [3.63, 3.8) is 0 Å². The molecule has 5 nitrogen and oxygen atoms in total. The average Bonchev–Trinajstić information content (AvgIpc) is 3.04. The molecule has 1 aromatic carbocycles. The fourth-order valence-corrected chi connectivity index (χ4v) is 2.87. The number of aromatic amines is 1. The number of H-pyrrole nitrogens is 1. The molecule has 2 heterocycles. The van der Waals surface area contributed by atoms with Gasteiger partial charge in [-0.15, -0.1) is 0 Å². The molecule has 0 saturated heterocycles. The maximum Gasteiger partial charge on any atom is 0.269 e. The van der Waals surface area contributed by atoms with Gasteiger partial charge in [0, 0.05) is 31.0 Å². The minimum absolute atomic E-state index is 0.106. The smallest absolute Gasteiger partial charge is 0.269 e. The number of amides is 1. The van der Waals surface area contributed by atoms with Crippen LogP contribution in [0.1, 0.15) is 29.4 Å². The van der Waals surface area contributed by atoms with E-state index in [1.54, 1.807) is 12.3 Å². The lowest BCUT2D eigenvalue weighted by Crippen LogP contribution is -2.42. The van der Waals surface area contributed by atoms with Crippen LogP contribution in [0, 0.1) is 0 Å². The number of rotatable bonds is 4. The Kier molecular flexibility index (Phi) is 3.90. The molecule has 0 aliphatic carbocycles. The molecule has 3 rings (SSSR count). The lowest BCUT2D eigenvalue weighted by molar-refractivity contribution is 0.0949. The number of aromatic nitrogens is 2. The first-order valence-electron chi connectivity index (χ1n) is 7.38. The Morgan fingerprint density at radius 1 is 1.43 bits per heavy atom. The van der Waals surface area contributed by atoms with E-state index in [9.17, 15) is 4.79 Å². The molecule has 2 N–H and O–H groups in total. The Morgan fingerprint density at radius 2 is 2.29 bits per heavy atom. The number of carbonyl (C=O) groups excluding carboxylic acids is 1. The van der Waals surface area contributed by atoms with Crippen LogP contribution in [-0.2, 0) is 6.42 Å². The maximum atomic E-state index is 11.9. The molecule has 0 fully saturated rings. The molecular formula is C16H20N4O. The van der Waals surface area contributed by atoms with Crippen molar-refractivity contribution in [2.45, 2.75) is 25.8 Å². The SMILES string of the molecule is C[C@@H]1CCc2ccccc2N1CCNC(=O)c1ccn[nH]1. The van der Waals surface area contributed by atoms with E-state index in [1.807, 2.05) is 0 Å². The van der Waals surface area contributed by atoms with Crippen LogP contribution in [0.5, 0.6) is 0 Å². The summed E-state index contributed by atoms with van der Waals surface area (Å²) < 4.78 is 0. The van der Waals surface area contributed by atoms with Gasteiger partial charge >= 0.3 is 0 Å². The van der Waals surface area contributed by atoms with Crippen molar-refractivity contribution < 1.29 is 4.79 Å². The van der Waals surface area contributed by atoms with E-state index in [-0.39, 0.29) is 5.91 Å². The standard InChI is InChI=1S/C16H20N4O/c1-12-6-7-13-4-2-3-5-15(13)20(12)11-10-17-16(21)14-8-9-18-19-14/h2-5,8-9,12H,6-7,10-11H2,1H3,(H,17,21)(H,18,19)/t12-/m1/s1. The van der Waals surface area contributed by atoms with Gasteiger partial charge in [-0.2, -0.15) is 5.10 Å². The first kappa shape index (κ1) is 13.7. The largest absolute Gasteiger partial charge is 0.367 e. The van der Waals surface area contributed by atoms with E-state index >= 15 is 0 Å². The van der Waals surface area contributed by atoms with E-state index in [0.717, 1.165) is 19.4 Å². The molecule has 1 atom stereocenters. The summed E-state index contributed by atoms with van der Waals surface area (Å²) in [6.07, 6.45) is 3.87. The van der Waals surface area contributed by atoms with Crippen LogP contribution in [0.15, 0.2) is 36.5 Å². The van der Waals surface area contributed by atoms with Crippen molar-refractivity contribution in [2.24, 2.45) is 0 Å². The third-order valence-electron chi connectivity index (χ3n) is 4.05. The first-order valence-corrected chi connectivity index (χ1v) is 7.38. The summed E-state index contributed by atoms with van der Waals surface area (Å²) >= 11 is 0. The molecule has 0 unspecified atom stereocenters. The van der Waals surface area contributed by atoms with E-state index in [0.29, 0.717) is 18.3 Å². The third kappa shape index (κ3) is 2.91. The van der Waals surface area contributed by atoms with E-state index in [4.69, 9.17) is 0 Å². The second-order valence-corrected chi connectivity index (χ2v) is 5.44. The predicted molar refractivity (Wildman–Crippen MR) is 82.5 cm³/mol. The van der Waals surface area contributed by atoms with E-state index in [1.165, 1.54) is 11.3 Å². The summed E-state index contributed by atoms with van der Waals surface area (Å²) in [5.41, 5.74) is 3.20. The van der Waals surface area contributed by atoms with Crippen LogP contribution in [0.3, 0.4) is 0 Å². The molecule has 1 amide bonds. The number of benzene rings is 1. The minimum Gasteiger partial charge on any atom is -0.367 e. The fourth-order valence-electron chi connectivity index (χ4n) is 2.87. The monoisotopic (exact) mass is 284 g/mol. The minimum atomic E-state index is -0.106. The Morgan fingerprint density at radius 3 is 3.10 bits per heavy atom. The number of para-hydroxylation sites is 1. The van der Waals surface area contributed by atoms with Gasteiger partial charge in [0.05, 0.1) is 0 Å². The van der Waals surface area contributed by atoms with Crippen LogP contribution in [-0.4, -0.2) is 35.2 Å². The zero-order chi connectivity index (χ0) is 14.7. The Balaban J connectivity index is 1.61. The van der Waals surface area contributed by atoms with Crippen molar-refractivity contribution in [2.75, 3.05) is 18.0 Å². The molecule has 1 aliphatic rings. The molecule has 0 saturated carbocycles. The van der Waals surface area contributed by atoms with Gasteiger partial charge in [-0.3, -0.25) is 9.89 Å². The highest BCUT2D eigenvalue weighted by molar-refractivity contribution is 5.92. The van der Waals surface area contributed by atoms with Crippen LogP contribution in [0.4, 0.5) is 5.69 Å². The van der Waals surface area contributed by atoms with Gasteiger partial charge in [0.15, 0.2) is 0 Å². The van der Waals surface area contributed by atoms with Crippen LogP contribution < -0.4 is 10.2 Å². The molecule has 1 aromatic heterocycles. The molecule has 0 spiro atoms. The molecule has 0 bridgehead atoms. The summed E-state index contributed by atoms with van der Waals surface area (Å²) in [6, 6.07) is 10.7. The normalized spacial score (nSPS) is 17.4. The summed E-state index contributed by atoms with van der Waals surface area (Å²) in [4.78, 5) is 14.3. The van der Waals surface area contributed by atoms with Gasteiger partial charge in [-0.1, -0.05) is 18.2 Å². The number of hydrogen-bond donors (Lipinski definition) is 2. The molecule has 0 radical (unpaired) electrons. The summed E-state index contributed by atoms with van der Waals surface area (Å²) in [5.74, 6) is -0.106. The van der Waals surface area contributed by atoms with Crippen molar-refractivity contribution >= 4 is 11.6 Å². The van der Waals surface area contributed by atoms with E-state index < -0.39 is 0 Å². The summed E-state index contributed by atoms with van der Waals surface area (Å²) in [6.45, 7) is 3.68. The van der Waals surface area contributed by atoms with Crippen molar-refractivity contribution in [1.82, 2.24) is 15.5 Å². The Bertz CT molecular complexity index is 608. The maximum absolute atomic E-state index is 11.9. The molecule has 5 heteroatoms. The topological polar surface area (TPSA) is 61.0 Å². The lowest BCUT2D eigenvalue weighted by Gasteiger charge is -2.37. The summed E-state index contributed by atoms with van der Waals surface area (Å²) in [5, 5.41) is 9.39. The lowest BCUT2D eigenvalue weighted by atomic mass is 9.97. The van der Waals surface area contributed by atoms with Gasteiger partial charge in [-0.25, -0.2) is 0 Å². The number of aryl methyl sites for hydroxylation is 1. The zero-order valence-corrected chi connectivity index (χ0v) is 12.2. The highest BCUT2D eigenvalue weighted by atomic mass is 16.1. The quantitative estimate of drug-likeness (QED) is 0.902. The molecule has 2 aromatic rings. The van der Waals surface area contributed by atoms with Gasteiger partial charge in [0.1, 0.15) is 5.69 Å². The number of nitrogens with zero attached hydrogens (tertiary/aromatic N) is 2. The third-order valence-corrected chi connectivity index (χ3v) is 4.05. The van der Waals surface area contributed by atoms with Crippen molar-refractivity contribution in [1.29, 1.82) is 0 Å². The number of carbonyl (C=O) groups is 1. The van der Waals surface area contributed by atoms with Gasteiger partial charge < -0.3 is 10.2 Å². The summed E-state index contributed by atoms with van der Waals surface area (Å²) in [7, 11) is 0. The van der Waals surface area contributed by atoms with Crippen molar-refractivity contribution in [3.8, 4) is 0 Å². The Labute approximate surface area is 124 Å². The van der Waals surface area contributed by atoms with Gasteiger partial charge in [0.25, 0.3) is 5.91 Å². The molecular weight excluding hydrogens is 264 g/mol. The number of nitrogens with one attached hydrogen (secondary N) is 2. The number of fused-ring (bicyclic) bond motifs is 1. The predicted octanol–water partition coefficient (Wildman–Crippen LogP) is 1.98. The molecule has 110 valence electrons. The molecule has 21 heavy (non-hydrogen) atoms. The van der Waals surface area contributed by atoms with Crippen molar-refractivity contribution in [3.05, 3.63) is 47.8 Å². The van der Waals surface area contributed by atoms with Crippen LogP contribution >= 0.6 is 0 Å². The first-order chi connectivity index (χ1) is 10.3. The number of anilines is 1. The highest BCUT2D eigenvalue weighted by Gasteiger charge is 2.22. The zero-order valence-electron chi connectivity index (χ0n) is 12.2. The van der Waals surface area contributed by atoms with Gasteiger partial charge in [0.2, 0.25) is 0 Å². The second kappa shape index (κ2) is 5.99. The Hall–Kier alpha value is -2.30. The fraction of sp³-hybridized carbons (Fsp3) is 0.375. The number of hydrogen-bond acceptors (Lipinski definition) is 3. The second-order valence-electron chi connectivity index (χ2n) is 5.44.